The van der Waals surface area contributed by atoms with E-state index in [1.54, 1.807) is 0 Å². The van der Waals surface area contributed by atoms with Crippen molar-refractivity contribution >= 4 is 5.97 Å². The summed E-state index contributed by atoms with van der Waals surface area (Å²) >= 11 is 0. The van der Waals surface area contributed by atoms with E-state index in [2.05, 4.69) is 36.9 Å². The maximum atomic E-state index is 11.7. The van der Waals surface area contributed by atoms with Gasteiger partial charge in [0.05, 0.1) is 13.2 Å². The number of hydrogen-bond acceptors (Lipinski definition) is 3. The maximum Gasteiger partial charge on any atom is 0.320 e. The van der Waals surface area contributed by atoms with Crippen LogP contribution < -0.4 is 0 Å². The molecule has 0 N–H and O–H groups in total. The van der Waals surface area contributed by atoms with Crippen LogP contribution in [0.4, 0.5) is 0 Å². The van der Waals surface area contributed by atoms with Gasteiger partial charge in [0.2, 0.25) is 0 Å². The van der Waals surface area contributed by atoms with Gasteiger partial charge in [-0.05, 0) is 44.7 Å². The van der Waals surface area contributed by atoms with Gasteiger partial charge in [-0.25, -0.2) is 0 Å². The fourth-order valence-corrected chi connectivity index (χ4v) is 2.32. The van der Waals surface area contributed by atoms with Crippen molar-refractivity contribution < 1.29 is 9.53 Å². The second-order valence-corrected chi connectivity index (χ2v) is 5.37. The number of carbonyl (C=O) groups is 1. The molecular formula is C16H23NO2. The van der Waals surface area contributed by atoms with Crippen LogP contribution in [0.15, 0.2) is 18.2 Å². The third-order valence-electron chi connectivity index (χ3n) is 3.58. The lowest BCUT2D eigenvalue weighted by Crippen LogP contribution is -2.32. The Morgan fingerprint density at radius 2 is 2.11 bits per heavy atom. The van der Waals surface area contributed by atoms with Crippen molar-refractivity contribution in [2.45, 2.75) is 46.2 Å². The van der Waals surface area contributed by atoms with Gasteiger partial charge in [0, 0.05) is 12.6 Å². The van der Waals surface area contributed by atoms with E-state index in [9.17, 15) is 4.79 Å². The van der Waals surface area contributed by atoms with Crippen molar-refractivity contribution in [2.24, 2.45) is 0 Å². The molecule has 1 aliphatic carbocycles. The summed E-state index contributed by atoms with van der Waals surface area (Å²) in [4.78, 5) is 13.9. The van der Waals surface area contributed by atoms with Gasteiger partial charge < -0.3 is 4.74 Å². The Morgan fingerprint density at radius 3 is 2.74 bits per heavy atom. The second-order valence-electron chi connectivity index (χ2n) is 5.37. The first-order valence-corrected chi connectivity index (χ1v) is 7.06. The lowest BCUT2D eigenvalue weighted by atomic mass is 10.1. The van der Waals surface area contributed by atoms with Gasteiger partial charge in [-0.3, -0.25) is 9.69 Å². The molecule has 0 heterocycles. The van der Waals surface area contributed by atoms with Crippen LogP contribution >= 0.6 is 0 Å². The molecule has 0 saturated heterocycles. The summed E-state index contributed by atoms with van der Waals surface area (Å²) in [6.07, 6.45) is 2.40. The van der Waals surface area contributed by atoms with Gasteiger partial charge in [-0.1, -0.05) is 23.8 Å². The summed E-state index contributed by atoms with van der Waals surface area (Å²) in [5, 5.41) is 0. The number of aryl methyl sites for hydroxylation is 2. The fourth-order valence-electron chi connectivity index (χ4n) is 2.32. The van der Waals surface area contributed by atoms with Gasteiger partial charge in [0.15, 0.2) is 0 Å². The number of benzene rings is 1. The molecule has 0 unspecified atom stereocenters. The molecule has 19 heavy (non-hydrogen) atoms. The van der Waals surface area contributed by atoms with Crippen LogP contribution in [0.2, 0.25) is 0 Å². The number of carbonyl (C=O) groups excluding carboxylic acids is 1. The molecule has 3 heteroatoms. The lowest BCUT2D eigenvalue weighted by molar-refractivity contribution is -0.144. The molecule has 0 bridgehead atoms. The molecule has 0 aromatic heterocycles. The van der Waals surface area contributed by atoms with E-state index in [0.29, 0.717) is 19.2 Å². The number of rotatable bonds is 6. The van der Waals surface area contributed by atoms with Crippen LogP contribution in [0, 0.1) is 13.8 Å². The van der Waals surface area contributed by atoms with Crippen molar-refractivity contribution in [3.05, 3.63) is 34.9 Å². The smallest absolute Gasteiger partial charge is 0.320 e. The van der Waals surface area contributed by atoms with Gasteiger partial charge in [-0.15, -0.1) is 0 Å². The van der Waals surface area contributed by atoms with Crippen molar-refractivity contribution in [1.82, 2.24) is 4.90 Å². The van der Waals surface area contributed by atoms with Gasteiger partial charge in [0.1, 0.15) is 0 Å². The predicted octanol–water partition coefficient (Wildman–Crippen LogP) is 2.83. The average molecular weight is 261 g/mol. The van der Waals surface area contributed by atoms with Crippen LogP contribution in [0.25, 0.3) is 0 Å². The van der Waals surface area contributed by atoms with Gasteiger partial charge in [0.25, 0.3) is 0 Å². The van der Waals surface area contributed by atoms with Crippen LogP contribution in [0.3, 0.4) is 0 Å². The maximum absolute atomic E-state index is 11.7. The minimum absolute atomic E-state index is 0.111. The van der Waals surface area contributed by atoms with E-state index in [0.717, 1.165) is 6.54 Å². The Morgan fingerprint density at radius 1 is 1.37 bits per heavy atom. The molecule has 0 spiro atoms. The first-order valence-electron chi connectivity index (χ1n) is 7.06. The third kappa shape index (κ3) is 4.06. The average Bonchev–Trinajstić information content (AvgIpc) is 3.17. The van der Waals surface area contributed by atoms with E-state index in [4.69, 9.17) is 4.74 Å². The normalized spacial score (nSPS) is 14.7. The molecule has 0 aliphatic heterocycles. The van der Waals surface area contributed by atoms with Crippen LogP contribution in [-0.4, -0.2) is 30.1 Å². The van der Waals surface area contributed by atoms with E-state index in [1.807, 2.05) is 6.92 Å². The summed E-state index contributed by atoms with van der Waals surface area (Å²) in [5.74, 6) is -0.111. The quantitative estimate of drug-likeness (QED) is 0.737. The first kappa shape index (κ1) is 14.1. The summed E-state index contributed by atoms with van der Waals surface area (Å²) in [7, 11) is 0. The summed E-state index contributed by atoms with van der Waals surface area (Å²) < 4.78 is 5.06. The van der Waals surface area contributed by atoms with Crippen molar-refractivity contribution in [2.75, 3.05) is 13.2 Å². The van der Waals surface area contributed by atoms with Crippen LogP contribution in [0.1, 0.15) is 36.5 Å². The monoisotopic (exact) mass is 261 g/mol. The van der Waals surface area contributed by atoms with E-state index in [1.165, 1.54) is 29.5 Å². The van der Waals surface area contributed by atoms with Gasteiger partial charge >= 0.3 is 5.97 Å². The van der Waals surface area contributed by atoms with Crippen molar-refractivity contribution in [3.8, 4) is 0 Å². The number of nitrogens with zero attached hydrogens (tertiary/aromatic N) is 1. The molecule has 0 atom stereocenters. The zero-order valence-electron chi connectivity index (χ0n) is 12.1. The second kappa shape index (κ2) is 6.20. The molecule has 104 valence electrons. The van der Waals surface area contributed by atoms with Crippen molar-refractivity contribution in [1.29, 1.82) is 0 Å². The summed E-state index contributed by atoms with van der Waals surface area (Å²) in [6.45, 7) is 7.80. The third-order valence-corrected chi connectivity index (χ3v) is 3.58. The molecule has 1 fully saturated rings. The standard InChI is InChI=1S/C16H23NO2/c1-4-19-16(18)11-17(15-7-8-15)10-14-9-12(2)5-6-13(14)3/h5-6,9,15H,4,7-8,10-11H2,1-3H3. The van der Waals surface area contributed by atoms with E-state index in [-0.39, 0.29) is 5.97 Å². The highest BCUT2D eigenvalue weighted by molar-refractivity contribution is 5.71. The van der Waals surface area contributed by atoms with E-state index >= 15 is 0 Å². The summed E-state index contributed by atoms with van der Waals surface area (Å²) in [6, 6.07) is 7.06. The molecule has 1 aliphatic rings. The predicted molar refractivity (Wildman–Crippen MR) is 76.0 cm³/mol. The zero-order valence-corrected chi connectivity index (χ0v) is 12.1. The van der Waals surface area contributed by atoms with Crippen LogP contribution in [0.5, 0.6) is 0 Å². The number of hydrogen-bond donors (Lipinski definition) is 0. The first-order chi connectivity index (χ1) is 9.10. The Bertz CT molecular complexity index is 452. The number of esters is 1. The highest BCUT2D eigenvalue weighted by atomic mass is 16.5. The SMILES string of the molecule is CCOC(=O)CN(Cc1cc(C)ccc1C)C1CC1. The topological polar surface area (TPSA) is 29.5 Å². The molecule has 0 amide bonds. The molecule has 1 aromatic carbocycles. The highest BCUT2D eigenvalue weighted by Crippen LogP contribution is 2.28. The Labute approximate surface area is 115 Å². The minimum Gasteiger partial charge on any atom is -0.465 e. The van der Waals surface area contributed by atoms with Gasteiger partial charge in [-0.2, -0.15) is 0 Å². The largest absolute Gasteiger partial charge is 0.465 e. The molecule has 3 nitrogen and oxygen atoms in total. The highest BCUT2D eigenvalue weighted by Gasteiger charge is 2.30. The molecule has 1 saturated carbocycles. The lowest BCUT2D eigenvalue weighted by Gasteiger charge is -2.22. The zero-order chi connectivity index (χ0) is 13.8. The Balaban J connectivity index is 2.04. The van der Waals surface area contributed by atoms with E-state index < -0.39 is 0 Å². The Hall–Kier alpha value is -1.35. The molecule has 2 rings (SSSR count). The van der Waals surface area contributed by atoms with Crippen molar-refractivity contribution in [3.63, 3.8) is 0 Å². The minimum atomic E-state index is -0.111. The molecule has 1 aromatic rings. The fraction of sp³-hybridized carbons (Fsp3) is 0.562. The van der Waals surface area contributed by atoms with Crippen LogP contribution in [-0.2, 0) is 16.1 Å². The molecular weight excluding hydrogens is 238 g/mol. The Kier molecular flexibility index (Phi) is 4.59. The molecule has 0 radical (unpaired) electrons. The summed E-state index contributed by atoms with van der Waals surface area (Å²) in [5.41, 5.74) is 3.88. The number of ether oxygens (including phenoxy) is 1.